The van der Waals surface area contributed by atoms with Crippen molar-refractivity contribution in [2.24, 2.45) is 0 Å². The Labute approximate surface area is 110 Å². The molecule has 8 heteroatoms. The first-order valence-corrected chi connectivity index (χ1v) is 7.87. The minimum Gasteiger partial charge on any atom is -0.462 e. The van der Waals surface area contributed by atoms with Crippen LogP contribution in [0.1, 0.15) is 16.6 Å². The lowest BCUT2D eigenvalue weighted by atomic mass is 10.4. The molecule has 0 aromatic carbocycles. The number of hydrogen-bond donors (Lipinski definition) is 1. The third-order valence-corrected chi connectivity index (χ3v) is 4.76. The molecule has 0 fully saturated rings. The van der Waals surface area contributed by atoms with Crippen molar-refractivity contribution >= 4 is 37.8 Å². The lowest BCUT2D eigenvalue weighted by Crippen LogP contribution is -2.12. The molecule has 0 aliphatic rings. The lowest BCUT2D eigenvalue weighted by molar-refractivity contribution is 0.0533. The maximum atomic E-state index is 11.7. The lowest BCUT2D eigenvalue weighted by Gasteiger charge is -2.11. The molecule has 1 aromatic heterocycles. The van der Waals surface area contributed by atoms with Crippen molar-refractivity contribution in [1.29, 1.82) is 0 Å². The summed E-state index contributed by atoms with van der Waals surface area (Å²) in [5.41, 5.74) is 5.73. The van der Waals surface area contributed by atoms with Gasteiger partial charge >= 0.3 is 5.97 Å². The first kappa shape index (κ1) is 14.8. The monoisotopic (exact) mass is 292 g/mol. The van der Waals surface area contributed by atoms with Crippen LogP contribution in [0.3, 0.4) is 0 Å². The highest BCUT2D eigenvalue weighted by atomic mass is 32.2. The summed E-state index contributed by atoms with van der Waals surface area (Å²) in [4.78, 5) is 13.4. The highest BCUT2D eigenvalue weighted by Gasteiger charge is 2.28. The number of anilines is 2. The average Bonchev–Trinajstić information content (AvgIpc) is 2.55. The summed E-state index contributed by atoms with van der Waals surface area (Å²) < 4.78 is 28.3. The summed E-state index contributed by atoms with van der Waals surface area (Å²) in [5.74, 6) is -0.599. The van der Waals surface area contributed by atoms with Crippen LogP contribution in [0.15, 0.2) is 4.90 Å². The Morgan fingerprint density at radius 2 is 2.00 bits per heavy atom. The van der Waals surface area contributed by atoms with Gasteiger partial charge in [0.2, 0.25) is 0 Å². The minimum absolute atomic E-state index is 0.0134. The molecule has 0 aliphatic carbocycles. The molecule has 2 N–H and O–H groups in total. The van der Waals surface area contributed by atoms with Crippen LogP contribution in [0.25, 0.3) is 0 Å². The zero-order valence-electron chi connectivity index (χ0n) is 10.7. The van der Waals surface area contributed by atoms with Crippen LogP contribution in [0.4, 0.5) is 10.7 Å². The van der Waals surface area contributed by atoms with Crippen molar-refractivity contribution in [2.75, 3.05) is 37.6 Å². The number of hydrogen-bond acceptors (Lipinski definition) is 7. The maximum Gasteiger partial charge on any atom is 0.350 e. The van der Waals surface area contributed by atoms with E-state index in [4.69, 9.17) is 10.5 Å². The normalized spacial score (nSPS) is 11.3. The molecule has 0 bridgehead atoms. The second-order valence-corrected chi connectivity index (χ2v) is 6.82. The van der Waals surface area contributed by atoms with E-state index in [0.29, 0.717) is 5.00 Å². The van der Waals surface area contributed by atoms with Crippen molar-refractivity contribution in [3.63, 3.8) is 0 Å². The van der Waals surface area contributed by atoms with E-state index in [1.807, 2.05) is 0 Å². The summed E-state index contributed by atoms with van der Waals surface area (Å²) >= 11 is 1.02. The van der Waals surface area contributed by atoms with Gasteiger partial charge in [0.15, 0.2) is 9.84 Å². The third-order valence-electron chi connectivity index (χ3n) is 2.12. The topological polar surface area (TPSA) is 89.7 Å². The van der Waals surface area contributed by atoms with Gasteiger partial charge < -0.3 is 15.4 Å². The van der Waals surface area contributed by atoms with Gasteiger partial charge in [0.25, 0.3) is 0 Å². The Balaban J connectivity index is 3.48. The molecule has 1 rings (SSSR count). The summed E-state index contributed by atoms with van der Waals surface area (Å²) in [5, 5.41) is 0.429. The van der Waals surface area contributed by atoms with Crippen molar-refractivity contribution in [3.05, 3.63) is 4.88 Å². The predicted molar refractivity (Wildman–Crippen MR) is 72.1 cm³/mol. The highest BCUT2D eigenvalue weighted by molar-refractivity contribution is 7.91. The van der Waals surface area contributed by atoms with E-state index in [1.165, 1.54) is 0 Å². The molecule has 1 aromatic rings. The minimum atomic E-state index is -3.50. The third kappa shape index (κ3) is 2.75. The van der Waals surface area contributed by atoms with Crippen LogP contribution in [0.5, 0.6) is 0 Å². The van der Waals surface area contributed by atoms with Crippen LogP contribution in [-0.4, -0.2) is 41.3 Å². The smallest absolute Gasteiger partial charge is 0.350 e. The van der Waals surface area contributed by atoms with Crippen LogP contribution in [0.2, 0.25) is 0 Å². The van der Waals surface area contributed by atoms with Gasteiger partial charge in [0.1, 0.15) is 14.8 Å². The molecule has 0 unspecified atom stereocenters. The molecular weight excluding hydrogens is 276 g/mol. The number of nitrogens with zero attached hydrogens (tertiary/aromatic N) is 1. The fourth-order valence-corrected chi connectivity index (χ4v) is 4.00. The maximum absolute atomic E-state index is 11.7. The average molecular weight is 292 g/mol. The molecule has 18 heavy (non-hydrogen) atoms. The standard InChI is InChI=1S/C10H16N2O4S2/c1-5-16-10(13)7-6(11)8(18(4,14)15)9(17-7)12(2)3/h5,11H2,1-4H3. The molecule has 0 saturated heterocycles. The number of thiophene rings is 1. The number of carbonyl (C=O) groups excluding carboxylic acids is 1. The Hall–Kier alpha value is -1.28. The Bertz CT molecular complexity index is 561. The molecule has 102 valence electrons. The largest absolute Gasteiger partial charge is 0.462 e. The molecule has 0 amide bonds. The number of nitrogens with two attached hydrogens (primary N) is 1. The second kappa shape index (κ2) is 5.15. The summed E-state index contributed by atoms with van der Waals surface area (Å²) in [6.07, 6.45) is 1.06. The SMILES string of the molecule is CCOC(=O)c1sc(N(C)C)c(S(C)(=O)=O)c1N. The van der Waals surface area contributed by atoms with Gasteiger partial charge in [-0.15, -0.1) is 11.3 Å². The Morgan fingerprint density at radius 1 is 1.44 bits per heavy atom. The molecule has 0 aliphatic heterocycles. The van der Waals surface area contributed by atoms with Crippen molar-refractivity contribution in [1.82, 2.24) is 0 Å². The van der Waals surface area contributed by atoms with Crippen LogP contribution in [0, 0.1) is 0 Å². The first-order valence-electron chi connectivity index (χ1n) is 5.16. The zero-order valence-corrected chi connectivity index (χ0v) is 12.3. The van der Waals surface area contributed by atoms with Crippen molar-refractivity contribution in [3.8, 4) is 0 Å². The number of esters is 1. The number of rotatable bonds is 4. The fraction of sp³-hybridized carbons (Fsp3) is 0.500. The second-order valence-electron chi connectivity index (χ2n) is 3.87. The van der Waals surface area contributed by atoms with E-state index in [1.54, 1.807) is 25.9 Å². The molecule has 0 saturated carbocycles. The number of nitrogen functional groups attached to an aromatic ring is 1. The van der Waals surface area contributed by atoms with Gasteiger partial charge in [-0.05, 0) is 6.92 Å². The molecule has 0 spiro atoms. The first-order chi connectivity index (χ1) is 8.20. The molecule has 1 heterocycles. The highest BCUT2D eigenvalue weighted by Crippen LogP contribution is 2.40. The van der Waals surface area contributed by atoms with Gasteiger partial charge in [-0.1, -0.05) is 0 Å². The molecule has 6 nitrogen and oxygen atoms in total. The van der Waals surface area contributed by atoms with E-state index >= 15 is 0 Å². The van der Waals surface area contributed by atoms with E-state index in [2.05, 4.69) is 0 Å². The Kier molecular flexibility index (Phi) is 4.23. The number of carbonyl (C=O) groups is 1. The fourth-order valence-electron chi connectivity index (χ4n) is 1.42. The summed E-state index contributed by atoms with van der Waals surface area (Å²) in [6.45, 7) is 1.88. The molecule has 0 atom stereocenters. The molecular formula is C10H16N2O4S2. The van der Waals surface area contributed by atoms with Gasteiger partial charge in [0.05, 0.1) is 12.3 Å². The van der Waals surface area contributed by atoms with Crippen LogP contribution in [-0.2, 0) is 14.6 Å². The van der Waals surface area contributed by atoms with E-state index in [0.717, 1.165) is 17.6 Å². The molecule has 0 radical (unpaired) electrons. The quantitative estimate of drug-likeness (QED) is 0.832. The Morgan fingerprint density at radius 3 is 2.33 bits per heavy atom. The van der Waals surface area contributed by atoms with Gasteiger partial charge in [0, 0.05) is 20.4 Å². The van der Waals surface area contributed by atoms with Crippen molar-refractivity contribution in [2.45, 2.75) is 11.8 Å². The van der Waals surface area contributed by atoms with Gasteiger partial charge in [-0.2, -0.15) is 0 Å². The van der Waals surface area contributed by atoms with E-state index < -0.39 is 15.8 Å². The van der Waals surface area contributed by atoms with Gasteiger partial charge in [-0.3, -0.25) is 0 Å². The van der Waals surface area contributed by atoms with E-state index in [9.17, 15) is 13.2 Å². The number of sulfone groups is 1. The van der Waals surface area contributed by atoms with Crippen molar-refractivity contribution < 1.29 is 17.9 Å². The summed E-state index contributed by atoms with van der Waals surface area (Å²) in [6, 6.07) is 0. The predicted octanol–water partition coefficient (Wildman–Crippen LogP) is 0.977. The van der Waals surface area contributed by atoms with Crippen LogP contribution < -0.4 is 10.6 Å². The summed E-state index contributed by atoms with van der Waals surface area (Å²) in [7, 11) is -0.122. The van der Waals surface area contributed by atoms with Gasteiger partial charge in [-0.25, -0.2) is 13.2 Å². The number of ether oxygens (including phenoxy) is 1. The van der Waals surface area contributed by atoms with Crippen LogP contribution >= 0.6 is 11.3 Å². The zero-order chi connectivity index (χ0) is 14.1. The van der Waals surface area contributed by atoms with E-state index in [-0.39, 0.29) is 22.1 Å².